The minimum Gasteiger partial charge on any atom is -0.541 e. The Balaban J connectivity index is 0.000000240. The van der Waals surface area contributed by atoms with Crippen LogP contribution in [0.4, 0.5) is 0 Å². The number of aliphatic carboxylic acids is 2. The van der Waals surface area contributed by atoms with E-state index < -0.39 is 46.6 Å². The van der Waals surface area contributed by atoms with E-state index in [0.29, 0.717) is 9.75 Å². The van der Waals surface area contributed by atoms with E-state index in [1.165, 1.54) is 34.8 Å². The number of carboxylic acids is 2. The van der Waals surface area contributed by atoms with Crippen molar-refractivity contribution in [3.05, 3.63) is 92.1 Å². The Morgan fingerprint density at radius 3 is 1.29 bits per heavy atom. The topological polar surface area (TPSA) is 175 Å². The molecule has 0 aliphatic rings. The van der Waals surface area contributed by atoms with Gasteiger partial charge in [-0.25, -0.2) is 0 Å². The third kappa shape index (κ3) is 6.21. The zero-order valence-electron chi connectivity index (χ0n) is 17.4. The Hall–Kier alpha value is -3.80. The first kappa shape index (κ1) is 27.4. The molecule has 0 spiro atoms. The van der Waals surface area contributed by atoms with Crippen molar-refractivity contribution >= 4 is 57.7 Å². The number of carbonyl (C=O) groups is 6. The van der Waals surface area contributed by atoms with Crippen LogP contribution in [-0.2, 0) is 29.1 Å². The Kier molecular flexibility index (Phi) is 9.46. The molecule has 4 aromatic heterocycles. The second kappa shape index (κ2) is 12.1. The molecule has 0 amide bonds. The molecule has 0 saturated carbocycles. The monoisotopic (exact) mass is 562 g/mol. The fourth-order valence-corrected chi connectivity index (χ4v) is 3.95. The molecule has 35 heavy (non-hydrogen) atoms. The van der Waals surface area contributed by atoms with E-state index in [1.54, 1.807) is 35.0 Å². The third-order valence-electron chi connectivity index (χ3n) is 4.09. The maximum Gasteiger partial charge on any atom is 2.00 e. The number of ketones is 4. The number of rotatable bonds is 8. The number of thiophene rings is 2. The molecule has 0 saturated heterocycles. The minimum atomic E-state index is -1.90. The molecule has 0 atom stereocenters. The van der Waals surface area contributed by atoms with Gasteiger partial charge in [-0.05, 0) is 35.0 Å². The number of Topliss-reactive ketones (excluding diaryl/α,β-unsaturated/α-hetero) is 2. The van der Waals surface area contributed by atoms with E-state index >= 15 is 0 Å². The summed E-state index contributed by atoms with van der Waals surface area (Å²) in [6.07, 6.45) is 2.19. The fraction of sp³-hybridized carbons (Fsp3) is 0. The van der Waals surface area contributed by atoms with Crippen molar-refractivity contribution in [3.63, 3.8) is 0 Å². The van der Waals surface area contributed by atoms with Crippen molar-refractivity contribution < 1.29 is 67.3 Å². The van der Waals surface area contributed by atoms with Crippen LogP contribution in [0.2, 0.25) is 0 Å². The molecular formula is C22H10O10S2Zn. The van der Waals surface area contributed by atoms with Gasteiger partial charge >= 0.3 is 19.5 Å². The van der Waals surface area contributed by atoms with E-state index in [0.717, 1.165) is 12.5 Å². The van der Waals surface area contributed by atoms with E-state index in [9.17, 15) is 39.0 Å². The molecule has 0 unspecified atom stereocenters. The maximum atomic E-state index is 11.9. The van der Waals surface area contributed by atoms with Crippen molar-refractivity contribution in [2.75, 3.05) is 0 Å². The largest absolute Gasteiger partial charge is 2.00 e. The van der Waals surface area contributed by atoms with E-state index in [1.807, 2.05) is 0 Å². The average molecular weight is 564 g/mol. The molecule has 0 bridgehead atoms. The molecule has 0 radical (unpaired) electrons. The standard InChI is InChI=1S/2C11H6O5S.Zn/c2*12-8(7-2-1-5-17-7)6-3-4-16-10(6)9(13)11(14)15;/h2*1-5H,(H,14,15);/q;;+2/p-2. The Morgan fingerprint density at radius 2 is 1.00 bits per heavy atom. The number of furan rings is 2. The van der Waals surface area contributed by atoms with Crippen LogP contribution in [0.15, 0.2) is 68.5 Å². The van der Waals surface area contributed by atoms with Crippen LogP contribution < -0.4 is 10.2 Å². The zero-order valence-corrected chi connectivity index (χ0v) is 22.0. The van der Waals surface area contributed by atoms with Crippen molar-refractivity contribution in [1.29, 1.82) is 0 Å². The Morgan fingerprint density at radius 1 is 0.629 bits per heavy atom. The fourth-order valence-electron chi connectivity index (χ4n) is 2.59. The molecule has 0 aliphatic carbocycles. The molecule has 172 valence electrons. The van der Waals surface area contributed by atoms with Gasteiger partial charge in [-0.2, -0.15) is 0 Å². The first-order chi connectivity index (χ1) is 16.2. The van der Waals surface area contributed by atoms with Crippen molar-refractivity contribution in [1.82, 2.24) is 0 Å². The first-order valence-electron chi connectivity index (χ1n) is 9.05. The summed E-state index contributed by atoms with van der Waals surface area (Å²) in [4.78, 5) is 67.9. The van der Waals surface area contributed by atoms with Crippen molar-refractivity contribution in [2.24, 2.45) is 0 Å². The molecule has 4 aromatic rings. The number of hydrogen-bond acceptors (Lipinski definition) is 12. The van der Waals surface area contributed by atoms with Gasteiger partial charge in [0.2, 0.25) is 23.1 Å². The number of hydrogen-bond donors (Lipinski definition) is 0. The van der Waals surface area contributed by atoms with Gasteiger partial charge in [0.05, 0.1) is 33.4 Å². The summed E-state index contributed by atoms with van der Waals surface area (Å²) >= 11 is 2.39. The minimum absolute atomic E-state index is 0. The molecule has 0 N–H and O–H groups in total. The molecule has 0 aliphatic heterocycles. The van der Waals surface area contributed by atoms with Gasteiger partial charge in [0, 0.05) is 0 Å². The molecule has 13 heteroatoms. The summed E-state index contributed by atoms with van der Waals surface area (Å²) in [5, 5.41) is 24.3. The summed E-state index contributed by atoms with van der Waals surface area (Å²) < 4.78 is 9.44. The SMILES string of the molecule is O=C([O-])C(=O)c1occc1C(=O)c1cccs1.O=C([O-])C(=O)c1occc1C(=O)c1cccs1.[Zn+2]. The Labute approximate surface area is 216 Å². The van der Waals surface area contributed by atoms with Crippen LogP contribution in [0.1, 0.15) is 51.6 Å². The van der Waals surface area contributed by atoms with Gasteiger partial charge < -0.3 is 28.6 Å². The van der Waals surface area contributed by atoms with Gasteiger partial charge in [-0.15, -0.1) is 22.7 Å². The van der Waals surface area contributed by atoms with Crippen LogP contribution in [0, 0.1) is 0 Å². The van der Waals surface area contributed by atoms with Crippen molar-refractivity contribution in [2.45, 2.75) is 0 Å². The van der Waals surface area contributed by atoms with E-state index in [2.05, 4.69) is 0 Å². The van der Waals surface area contributed by atoms with E-state index in [-0.39, 0.29) is 30.6 Å². The summed E-state index contributed by atoms with van der Waals surface area (Å²) in [6, 6.07) is 9.04. The molecule has 4 heterocycles. The van der Waals surface area contributed by atoms with E-state index in [4.69, 9.17) is 8.83 Å². The smallest absolute Gasteiger partial charge is 0.541 e. The van der Waals surface area contributed by atoms with Gasteiger partial charge in [-0.3, -0.25) is 19.2 Å². The molecular weight excluding hydrogens is 554 g/mol. The predicted octanol–water partition coefficient (Wildman–Crippen LogP) is 1.01. The van der Waals surface area contributed by atoms with Crippen molar-refractivity contribution in [3.8, 4) is 0 Å². The molecule has 0 aromatic carbocycles. The first-order valence-corrected chi connectivity index (χ1v) is 10.8. The summed E-state index contributed by atoms with van der Waals surface area (Å²) in [5.74, 6) is -8.37. The summed E-state index contributed by atoms with van der Waals surface area (Å²) in [5.41, 5.74) is -0.136. The Bertz CT molecular complexity index is 1270. The molecule has 10 nitrogen and oxygen atoms in total. The number of carboxylic acid groups (broad SMARTS) is 2. The summed E-state index contributed by atoms with van der Waals surface area (Å²) in [7, 11) is 0. The van der Waals surface area contributed by atoms with Gasteiger partial charge in [0.1, 0.15) is 11.9 Å². The summed E-state index contributed by atoms with van der Waals surface area (Å²) in [6.45, 7) is 0. The second-order valence-corrected chi connectivity index (χ2v) is 8.07. The van der Waals surface area contributed by atoms with Crippen LogP contribution in [0.25, 0.3) is 0 Å². The predicted molar refractivity (Wildman–Crippen MR) is 112 cm³/mol. The number of carbonyl (C=O) groups excluding carboxylic acids is 6. The molecule has 0 fully saturated rings. The third-order valence-corrected chi connectivity index (χ3v) is 5.83. The average Bonchev–Trinajstić information content (AvgIpc) is 3.64. The maximum absolute atomic E-state index is 11.9. The van der Waals surface area contributed by atoms with Crippen LogP contribution in [0.5, 0.6) is 0 Å². The quantitative estimate of drug-likeness (QED) is 0.171. The normalized spacial score (nSPS) is 9.83. The van der Waals surface area contributed by atoms with Crippen LogP contribution in [-0.4, -0.2) is 35.1 Å². The van der Waals surface area contributed by atoms with Gasteiger partial charge in [0.25, 0.3) is 0 Å². The second-order valence-electron chi connectivity index (χ2n) is 6.17. The van der Waals surface area contributed by atoms with Gasteiger partial charge in [0.15, 0.2) is 11.5 Å². The zero-order chi connectivity index (χ0) is 24.8. The van der Waals surface area contributed by atoms with Gasteiger partial charge in [-0.1, -0.05) is 12.1 Å². The molecule has 4 rings (SSSR count). The van der Waals surface area contributed by atoms with Crippen LogP contribution >= 0.6 is 22.7 Å². The van der Waals surface area contributed by atoms with Crippen LogP contribution in [0.3, 0.4) is 0 Å².